The number of anilines is 2. The van der Waals surface area contributed by atoms with Crippen LogP contribution in [0.3, 0.4) is 0 Å². The average Bonchev–Trinajstić information content (AvgIpc) is 2.81. The number of hydrogen-bond acceptors (Lipinski definition) is 6. The molecule has 0 saturated carbocycles. The van der Waals surface area contributed by atoms with Crippen LogP contribution in [0.25, 0.3) is 0 Å². The zero-order valence-electron chi connectivity index (χ0n) is 10.5. The molecule has 0 aliphatic carbocycles. The molecule has 0 radical (unpaired) electrons. The number of hydrogen-bond donors (Lipinski definition) is 3. The van der Waals surface area contributed by atoms with Crippen LogP contribution >= 0.6 is 0 Å². The maximum Gasteiger partial charge on any atom is 0.148 e. The van der Waals surface area contributed by atoms with Gasteiger partial charge in [0.15, 0.2) is 0 Å². The van der Waals surface area contributed by atoms with Gasteiger partial charge in [-0.05, 0) is 6.42 Å². The number of aryl methyl sites for hydroxylation is 1. The summed E-state index contributed by atoms with van der Waals surface area (Å²) in [6.07, 6.45) is 6.07. The third-order valence-electron chi connectivity index (χ3n) is 2.65. The van der Waals surface area contributed by atoms with Gasteiger partial charge in [0, 0.05) is 30.9 Å². The molecule has 18 heavy (non-hydrogen) atoms. The van der Waals surface area contributed by atoms with Gasteiger partial charge in [-0.2, -0.15) is 5.10 Å². The summed E-state index contributed by atoms with van der Waals surface area (Å²) in [6.45, 7) is 2.71. The minimum atomic E-state index is 0.654. The van der Waals surface area contributed by atoms with Crippen molar-refractivity contribution in [1.82, 2.24) is 19.7 Å². The molecule has 0 fully saturated rings. The van der Waals surface area contributed by atoms with E-state index < -0.39 is 0 Å². The fourth-order valence-electron chi connectivity index (χ4n) is 1.77. The lowest BCUT2D eigenvalue weighted by atomic mass is 10.2. The van der Waals surface area contributed by atoms with Crippen molar-refractivity contribution in [3.05, 3.63) is 29.8 Å². The summed E-state index contributed by atoms with van der Waals surface area (Å²) in [7, 11) is 1.89. The Balaban J connectivity index is 2.13. The first kappa shape index (κ1) is 12.3. The monoisotopic (exact) mass is 247 g/mol. The number of aromatic nitrogens is 4. The first-order chi connectivity index (χ1) is 8.74. The minimum absolute atomic E-state index is 0.654. The van der Waals surface area contributed by atoms with Crippen molar-refractivity contribution in [3.63, 3.8) is 0 Å². The van der Waals surface area contributed by atoms with E-state index >= 15 is 0 Å². The number of nitrogens with one attached hydrogen (secondary N) is 2. The molecule has 0 aliphatic heterocycles. The largest absolute Gasteiger partial charge is 0.365 e. The van der Waals surface area contributed by atoms with Crippen LogP contribution in [0.4, 0.5) is 11.6 Å². The van der Waals surface area contributed by atoms with Gasteiger partial charge in [0.2, 0.25) is 0 Å². The van der Waals surface area contributed by atoms with Crippen molar-refractivity contribution < 1.29 is 0 Å². The highest BCUT2D eigenvalue weighted by Crippen LogP contribution is 2.19. The average molecular weight is 247 g/mol. The molecule has 4 N–H and O–H groups in total. The quantitative estimate of drug-likeness (QED) is 0.531. The van der Waals surface area contributed by atoms with Crippen LogP contribution in [0.15, 0.2) is 18.7 Å². The van der Waals surface area contributed by atoms with Gasteiger partial charge in [-0.25, -0.2) is 15.8 Å². The zero-order valence-corrected chi connectivity index (χ0v) is 10.5. The van der Waals surface area contributed by atoms with Crippen molar-refractivity contribution in [2.45, 2.75) is 19.9 Å². The molecule has 2 heterocycles. The molecule has 2 rings (SSSR count). The van der Waals surface area contributed by atoms with Crippen LogP contribution in [-0.4, -0.2) is 19.7 Å². The standard InChI is InChI=1S/C11H17N7/c1-3-9-10(14-7-15-11(9)17-12)13-4-8-5-16-18(2)6-8/h5-7H,3-4,12H2,1-2H3,(H2,13,14,15,17). The summed E-state index contributed by atoms with van der Waals surface area (Å²) in [5.74, 6) is 6.87. The van der Waals surface area contributed by atoms with E-state index in [0.29, 0.717) is 12.4 Å². The van der Waals surface area contributed by atoms with E-state index in [1.807, 2.05) is 26.4 Å². The third kappa shape index (κ3) is 2.57. The molecular weight excluding hydrogens is 230 g/mol. The fourth-order valence-corrected chi connectivity index (χ4v) is 1.77. The maximum atomic E-state index is 5.42. The lowest BCUT2D eigenvalue weighted by Crippen LogP contribution is -2.13. The molecule has 0 amide bonds. The van der Waals surface area contributed by atoms with Crippen LogP contribution < -0.4 is 16.6 Å². The Morgan fingerprint density at radius 1 is 1.33 bits per heavy atom. The van der Waals surface area contributed by atoms with Gasteiger partial charge in [0.1, 0.15) is 18.0 Å². The van der Waals surface area contributed by atoms with Gasteiger partial charge in [0.25, 0.3) is 0 Å². The summed E-state index contributed by atoms with van der Waals surface area (Å²) in [5, 5.41) is 7.39. The van der Waals surface area contributed by atoms with E-state index in [2.05, 4.69) is 25.8 Å². The third-order valence-corrected chi connectivity index (χ3v) is 2.65. The normalized spacial score (nSPS) is 10.4. The van der Waals surface area contributed by atoms with E-state index in [-0.39, 0.29) is 0 Å². The van der Waals surface area contributed by atoms with Crippen LogP contribution in [0.2, 0.25) is 0 Å². The lowest BCUT2D eigenvalue weighted by molar-refractivity contribution is 0.767. The summed E-state index contributed by atoms with van der Waals surface area (Å²) in [6, 6.07) is 0. The zero-order chi connectivity index (χ0) is 13.0. The number of rotatable bonds is 5. The second kappa shape index (κ2) is 5.46. The smallest absolute Gasteiger partial charge is 0.148 e. The van der Waals surface area contributed by atoms with Crippen molar-refractivity contribution in [2.75, 3.05) is 10.7 Å². The Bertz CT molecular complexity index is 520. The molecule has 0 saturated heterocycles. The van der Waals surface area contributed by atoms with Crippen LogP contribution in [0.1, 0.15) is 18.1 Å². The molecule has 7 nitrogen and oxygen atoms in total. The Morgan fingerprint density at radius 3 is 2.72 bits per heavy atom. The Hall–Kier alpha value is -2.15. The SMILES string of the molecule is CCc1c(NN)ncnc1NCc1cnn(C)c1. The van der Waals surface area contributed by atoms with Crippen LogP contribution in [0, 0.1) is 0 Å². The Kier molecular flexibility index (Phi) is 3.73. The van der Waals surface area contributed by atoms with Gasteiger partial charge >= 0.3 is 0 Å². The van der Waals surface area contributed by atoms with Crippen LogP contribution in [0.5, 0.6) is 0 Å². The highest BCUT2D eigenvalue weighted by molar-refractivity contribution is 5.56. The van der Waals surface area contributed by atoms with Gasteiger partial charge in [-0.15, -0.1) is 0 Å². The number of hydrazine groups is 1. The molecule has 0 unspecified atom stereocenters. The van der Waals surface area contributed by atoms with Gasteiger partial charge in [-0.3, -0.25) is 4.68 Å². The van der Waals surface area contributed by atoms with Gasteiger partial charge in [-0.1, -0.05) is 6.92 Å². The summed E-state index contributed by atoms with van der Waals surface area (Å²) in [4.78, 5) is 8.32. The lowest BCUT2D eigenvalue weighted by Gasteiger charge is -2.11. The fraction of sp³-hybridized carbons (Fsp3) is 0.364. The molecular formula is C11H17N7. The molecule has 2 aromatic heterocycles. The maximum absolute atomic E-state index is 5.42. The van der Waals surface area contributed by atoms with E-state index in [9.17, 15) is 0 Å². The Labute approximate surface area is 105 Å². The topological polar surface area (TPSA) is 93.7 Å². The second-order valence-corrected chi connectivity index (χ2v) is 3.92. The van der Waals surface area contributed by atoms with E-state index in [1.165, 1.54) is 6.33 Å². The molecule has 0 bridgehead atoms. The first-order valence-corrected chi connectivity index (χ1v) is 5.76. The number of nitrogens with zero attached hydrogens (tertiary/aromatic N) is 4. The van der Waals surface area contributed by atoms with Crippen LogP contribution in [-0.2, 0) is 20.0 Å². The van der Waals surface area contributed by atoms with E-state index in [1.54, 1.807) is 4.68 Å². The Morgan fingerprint density at radius 2 is 2.11 bits per heavy atom. The van der Waals surface area contributed by atoms with Crippen molar-refractivity contribution in [3.8, 4) is 0 Å². The van der Waals surface area contributed by atoms with Crippen molar-refractivity contribution in [1.29, 1.82) is 0 Å². The highest BCUT2D eigenvalue weighted by atomic mass is 15.3. The summed E-state index contributed by atoms with van der Waals surface area (Å²) < 4.78 is 1.77. The summed E-state index contributed by atoms with van der Waals surface area (Å²) >= 11 is 0. The molecule has 7 heteroatoms. The molecule has 2 aromatic rings. The van der Waals surface area contributed by atoms with E-state index in [0.717, 1.165) is 23.4 Å². The molecule has 0 atom stereocenters. The van der Waals surface area contributed by atoms with Crippen molar-refractivity contribution in [2.24, 2.45) is 12.9 Å². The van der Waals surface area contributed by atoms with Crippen molar-refractivity contribution >= 4 is 11.6 Å². The van der Waals surface area contributed by atoms with Gasteiger partial charge < -0.3 is 10.7 Å². The number of nitrogen functional groups attached to an aromatic ring is 1. The second-order valence-electron chi connectivity index (χ2n) is 3.92. The molecule has 0 spiro atoms. The first-order valence-electron chi connectivity index (χ1n) is 5.76. The molecule has 96 valence electrons. The van der Waals surface area contributed by atoms with E-state index in [4.69, 9.17) is 5.84 Å². The van der Waals surface area contributed by atoms with Gasteiger partial charge in [0.05, 0.1) is 6.20 Å². The minimum Gasteiger partial charge on any atom is -0.365 e. The predicted octanol–water partition coefficient (Wildman–Crippen LogP) is 0.670. The predicted molar refractivity (Wildman–Crippen MR) is 69.8 cm³/mol. The summed E-state index contributed by atoms with van der Waals surface area (Å²) in [5.41, 5.74) is 4.66. The molecule has 0 aromatic carbocycles. The highest BCUT2D eigenvalue weighted by Gasteiger charge is 2.08. The number of nitrogens with two attached hydrogens (primary N) is 1. The molecule has 0 aliphatic rings.